The van der Waals surface area contributed by atoms with E-state index < -0.39 is 0 Å². The van der Waals surface area contributed by atoms with E-state index in [1.807, 2.05) is 31.2 Å². The Kier molecular flexibility index (Phi) is 8.93. The molecule has 0 aromatic heterocycles. The molecular weight excluding hydrogens is 386 g/mol. The Balaban J connectivity index is 1.69. The molecule has 5 N–H and O–H groups in total. The van der Waals surface area contributed by atoms with E-state index in [1.54, 1.807) is 0 Å². The molecule has 31 heavy (non-hydrogen) atoms. The maximum Gasteiger partial charge on any atom is 0.321 e. The molecule has 4 unspecified atom stereocenters. The lowest BCUT2D eigenvalue weighted by Crippen LogP contribution is -2.75. The van der Waals surface area contributed by atoms with Gasteiger partial charge in [0.05, 0.1) is 6.17 Å². The van der Waals surface area contributed by atoms with Gasteiger partial charge in [-0.3, -0.25) is 10.6 Å². The van der Waals surface area contributed by atoms with Gasteiger partial charge < -0.3 is 16.0 Å². The van der Waals surface area contributed by atoms with Gasteiger partial charge in [0.25, 0.3) is 0 Å². The molecule has 6 heteroatoms. The SMILES string of the molecule is CCCNC1NC(NC(=O)Nc2cccc(C)c2)NC(C)C12CC/C=C\CCCCC2. The number of hydrogen-bond donors (Lipinski definition) is 5. The number of carbonyl (C=O) groups is 1. The number of anilines is 1. The fourth-order valence-electron chi connectivity index (χ4n) is 5.03. The van der Waals surface area contributed by atoms with Gasteiger partial charge in [-0.1, -0.05) is 44.1 Å². The average molecular weight is 428 g/mol. The van der Waals surface area contributed by atoms with Crippen molar-refractivity contribution in [1.82, 2.24) is 21.3 Å². The maximum absolute atomic E-state index is 12.6. The summed E-state index contributed by atoms with van der Waals surface area (Å²) in [5.74, 6) is 0. The molecule has 6 nitrogen and oxygen atoms in total. The van der Waals surface area contributed by atoms with Gasteiger partial charge in [0.1, 0.15) is 6.29 Å². The van der Waals surface area contributed by atoms with Crippen molar-refractivity contribution in [1.29, 1.82) is 0 Å². The maximum atomic E-state index is 12.6. The van der Waals surface area contributed by atoms with Crippen LogP contribution in [0.15, 0.2) is 36.4 Å². The molecule has 2 amide bonds. The van der Waals surface area contributed by atoms with E-state index >= 15 is 0 Å². The number of hydrogen-bond acceptors (Lipinski definition) is 4. The summed E-state index contributed by atoms with van der Waals surface area (Å²) in [6, 6.07) is 7.92. The predicted molar refractivity (Wildman–Crippen MR) is 129 cm³/mol. The molecule has 1 aliphatic heterocycles. The third kappa shape index (κ3) is 6.55. The first-order valence-electron chi connectivity index (χ1n) is 12.1. The Morgan fingerprint density at radius 2 is 1.97 bits per heavy atom. The van der Waals surface area contributed by atoms with Crippen LogP contribution in [0.3, 0.4) is 0 Å². The number of allylic oxidation sites excluding steroid dienone is 2. The third-order valence-corrected chi connectivity index (χ3v) is 6.79. The van der Waals surface area contributed by atoms with E-state index in [-0.39, 0.29) is 29.9 Å². The molecule has 1 saturated heterocycles. The second-order valence-electron chi connectivity index (χ2n) is 9.19. The second kappa shape index (κ2) is 11.7. The van der Waals surface area contributed by atoms with Gasteiger partial charge in [0.2, 0.25) is 0 Å². The van der Waals surface area contributed by atoms with Gasteiger partial charge in [-0.05, 0) is 76.6 Å². The molecule has 1 aliphatic carbocycles. The van der Waals surface area contributed by atoms with Crippen molar-refractivity contribution in [2.75, 3.05) is 11.9 Å². The van der Waals surface area contributed by atoms with Crippen molar-refractivity contribution in [3.05, 3.63) is 42.0 Å². The molecule has 1 aromatic rings. The lowest BCUT2D eigenvalue weighted by atomic mass is 9.69. The standard InChI is InChI=1S/C25H41N5O/c1-4-17-26-22-25(15-10-8-6-5-7-9-11-16-25)20(3)27-23(29-22)30-24(31)28-21-14-12-13-19(2)18-21/h6,8,12-14,18,20,22-23,26-27,29H,4-5,7,9-11,15-17H2,1-3H3,(H2,28,30,31)/b8-6-. The molecular formula is C25H41N5O. The molecule has 3 rings (SSSR count). The zero-order valence-electron chi connectivity index (χ0n) is 19.5. The van der Waals surface area contributed by atoms with E-state index in [4.69, 9.17) is 0 Å². The average Bonchev–Trinajstić information content (AvgIpc) is 2.74. The summed E-state index contributed by atoms with van der Waals surface area (Å²) in [5.41, 5.74) is 2.04. The van der Waals surface area contributed by atoms with Crippen LogP contribution < -0.4 is 26.6 Å². The van der Waals surface area contributed by atoms with Crippen molar-refractivity contribution in [2.24, 2.45) is 5.41 Å². The van der Waals surface area contributed by atoms with Gasteiger partial charge in [-0.15, -0.1) is 0 Å². The van der Waals surface area contributed by atoms with E-state index in [2.05, 4.69) is 52.6 Å². The number of carbonyl (C=O) groups excluding carboxylic acids is 1. The van der Waals surface area contributed by atoms with E-state index in [0.29, 0.717) is 0 Å². The molecule has 1 aromatic carbocycles. The van der Waals surface area contributed by atoms with Crippen LogP contribution in [0.2, 0.25) is 0 Å². The van der Waals surface area contributed by atoms with Crippen LogP contribution in [0.1, 0.15) is 70.8 Å². The summed E-state index contributed by atoms with van der Waals surface area (Å²) >= 11 is 0. The topological polar surface area (TPSA) is 77.2 Å². The molecule has 4 atom stereocenters. The summed E-state index contributed by atoms with van der Waals surface area (Å²) in [7, 11) is 0. The fraction of sp³-hybridized carbons (Fsp3) is 0.640. The lowest BCUT2D eigenvalue weighted by Gasteiger charge is -2.53. The largest absolute Gasteiger partial charge is 0.321 e. The highest BCUT2D eigenvalue weighted by Gasteiger charge is 2.47. The Morgan fingerprint density at radius 1 is 1.13 bits per heavy atom. The molecule has 1 heterocycles. The zero-order chi connectivity index (χ0) is 22.1. The molecule has 0 radical (unpaired) electrons. The Hall–Kier alpha value is -1.89. The normalized spacial score (nSPS) is 30.5. The van der Waals surface area contributed by atoms with Gasteiger partial charge in [-0.25, -0.2) is 4.79 Å². The van der Waals surface area contributed by atoms with Crippen LogP contribution in [0.4, 0.5) is 10.5 Å². The summed E-state index contributed by atoms with van der Waals surface area (Å²) in [5, 5.41) is 17.1. The Labute approximate surface area is 188 Å². The number of amides is 2. The minimum absolute atomic E-state index is 0.113. The molecule has 1 fully saturated rings. The number of aryl methyl sites for hydroxylation is 1. The fourth-order valence-corrected chi connectivity index (χ4v) is 5.03. The molecule has 0 saturated carbocycles. The Bertz CT molecular complexity index is 736. The number of nitrogens with one attached hydrogen (secondary N) is 5. The van der Waals surface area contributed by atoms with E-state index in [9.17, 15) is 4.79 Å². The summed E-state index contributed by atoms with van der Waals surface area (Å²) in [6.07, 6.45) is 14.1. The highest BCUT2D eigenvalue weighted by molar-refractivity contribution is 5.89. The molecule has 0 bridgehead atoms. The second-order valence-corrected chi connectivity index (χ2v) is 9.19. The van der Waals surface area contributed by atoms with Crippen LogP contribution in [0.5, 0.6) is 0 Å². The van der Waals surface area contributed by atoms with Crippen LogP contribution in [-0.4, -0.2) is 31.1 Å². The predicted octanol–water partition coefficient (Wildman–Crippen LogP) is 4.59. The summed E-state index contributed by atoms with van der Waals surface area (Å²) in [6.45, 7) is 7.46. The van der Waals surface area contributed by atoms with Crippen molar-refractivity contribution in [3.63, 3.8) is 0 Å². The van der Waals surface area contributed by atoms with Crippen LogP contribution in [0.25, 0.3) is 0 Å². The number of benzene rings is 1. The van der Waals surface area contributed by atoms with E-state index in [1.165, 1.54) is 32.1 Å². The minimum atomic E-state index is -0.286. The minimum Gasteiger partial charge on any atom is -0.310 e. The van der Waals surface area contributed by atoms with Crippen LogP contribution in [0, 0.1) is 12.3 Å². The first-order chi connectivity index (χ1) is 15.0. The van der Waals surface area contributed by atoms with Crippen LogP contribution in [-0.2, 0) is 0 Å². The first kappa shape index (κ1) is 23.8. The lowest BCUT2D eigenvalue weighted by molar-refractivity contribution is 0.0176. The monoisotopic (exact) mass is 427 g/mol. The van der Waals surface area contributed by atoms with Crippen molar-refractivity contribution in [2.45, 2.75) is 90.6 Å². The summed E-state index contributed by atoms with van der Waals surface area (Å²) in [4.78, 5) is 12.6. The number of rotatable bonds is 5. The Morgan fingerprint density at radius 3 is 2.77 bits per heavy atom. The molecule has 2 aliphatic rings. The van der Waals surface area contributed by atoms with Gasteiger partial charge in [-0.2, -0.15) is 0 Å². The van der Waals surface area contributed by atoms with Crippen LogP contribution >= 0.6 is 0 Å². The van der Waals surface area contributed by atoms with Crippen molar-refractivity contribution >= 4 is 11.7 Å². The number of urea groups is 1. The van der Waals surface area contributed by atoms with Gasteiger partial charge in [0, 0.05) is 17.1 Å². The highest BCUT2D eigenvalue weighted by Crippen LogP contribution is 2.40. The molecule has 172 valence electrons. The quantitative estimate of drug-likeness (QED) is 0.445. The smallest absolute Gasteiger partial charge is 0.310 e. The van der Waals surface area contributed by atoms with Gasteiger partial charge in [0.15, 0.2) is 0 Å². The third-order valence-electron chi connectivity index (χ3n) is 6.79. The summed E-state index contributed by atoms with van der Waals surface area (Å²) < 4.78 is 0. The molecule has 1 spiro atoms. The van der Waals surface area contributed by atoms with Crippen molar-refractivity contribution < 1.29 is 4.79 Å². The first-order valence-corrected chi connectivity index (χ1v) is 12.1. The zero-order valence-corrected chi connectivity index (χ0v) is 19.5. The van der Waals surface area contributed by atoms with Gasteiger partial charge >= 0.3 is 6.03 Å². The van der Waals surface area contributed by atoms with E-state index in [0.717, 1.165) is 37.1 Å². The highest BCUT2D eigenvalue weighted by atomic mass is 16.2. The van der Waals surface area contributed by atoms with Crippen molar-refractivity contribution in [3.8, 4) is 0 Å².